The average molecular weight is 836 g/mol. The van der Waals surface area contributed by atoms with Crippen LogP contribution in [0.1, 0.15) is 27.8 Å². The van der Waals surface area contributed by atoms with Crippen molar-refractivity contribution in [2.75, 3.05) is 4.90 Å². The van der Waals surface area contributed by atoms with Gasteiger partial charge >= 0.3 is 0 Å². The molecule has 66 heavy (non-hydrogen) atoms. The van der Waals surface area contributed by atoms with Crippen molar-refractivity contribution in [3.63, 3.8) is 0 Å². The molecule has 1 nitrogen and oxygen atoms in total. The van der Waals surface area contributed by atoms with Crippen LogP contribution in [-0.2, 0) is 0 Å². The molecule has 12 aromatic carbocycles. The molecule has 0 aliphatic heterocycles. The van der Waals surface area contributed by atoms with Crippen molar-refractivity contribution >= 4 is 70.9 Å². The number of nitrogens with zero attached hydrogens (tertiary/aromatic N) is 1. The summed E-state index contributed by atoms with van der Waals surface area (Å²) in [5.74, 6) is 14.6. The van der Waals surface area contributed by atoms with Gasteiger partial charge in [0.25, 0.3) is 0 Å². The molecule has 0 heterocycles. The Kier molecular flexibility index (Phi) is 9.60. The first-order valence-electron chi connectivity index (χ1n) is 22.5. The molecule has 0 saturated carbocycles. The molecule has 0 spiro atoms. The summed E-state index contributed by atoms with van der Waals surface area (Å²) >= 11 is 0. The Labute approximate surface area is 385 Å². The van der Waals surface area contributed by atoms with Gasteiger partial charge < -0.3 is 4.90 Å². The third-order valence-corrected chi connectivity index (χ3v) is 12.9. The Morgan fingerprint density at radius 2 is 0.682 bits per heavy atom. The fraction of sp³-hybridized carbons (Fsp3) is 0.0154. The molecule has 0 unspecified atom stereocenters. The molecule has 0 radical (unpaired) electrons. The highest BCUT2D eigenvalue weighted by molar-refractivity contribution is 6.30. The predicted octanol–water partition coefficient (Wildman–Crippen LogP) is 16.8. The van der Waals surface area contributed by atoms with Crippen molar-refractivity contribution in [1.29, 1.82) is 0 Å². The van der Waals surface area contributed by atoms with Gasteiger partial charge in [-0.2, -0.15) is 0 Å². The van der Waals surface area contributed by atoms with Crippen molar-refractivity contribution in [3.05, 3.63) is 258 Å². The summed E-state index contributed by atoms with van der Waals surface area (Å²) in [6.45, 7) is 2.11. The SMILES string of the molecule is Cc1ccc(C#Cc2cc(-c3cccc4ccccc34)c3ccc4c(-c5cccc6ccccc56)cc(C#Cc5ccc(N(c6ccccc6)c6ccccc6)cc5)c5ccc2c3c54)cc1. The zero-order chi connectivity index (χ0) is 44.0. The number of rotatable bonds is 5. The molecule has 0 bridgehead atoms. The van der Waals surface area contributed by atoms with Crippen LogP contribution in [0.4, 0.5) is 17.1 Å². The van der Waals surface area contributed by atoms with E-state index in [-0.39, 0.29) is 0 Å². The fourth-order valence-corrected chi connectivity index (χ4v) is 9.78. The number of hydrogen-bond acceptors (Lipinski definition) is 1. The van der Waals surface area contributed by atoms with Crippen molar-refractivity contribution in [2.45, 2.75) is 6.92 Å². The zero-order valence-corrected chi connectivity index (χ0v) is 36.4. The Balaban J connectivity index is 1.10. The van der Waals surface area contributed by atoms with Crippen molar-refractivity contribution in [2.24, 2.45) is 0 Å². The summed E-state index contributed by atoms with van der Waals surface area (Å²) < 4.78 is 0. The lowest BCUT2D eigenvalue weighted by Gasteiger charge is -2.25. The Morgan fingerprint density at radius 3 is 1.17 bits per heavy atom. The summed E-state index contributed by atoms with van der Waals surface area (Å²) in [4.78, 5) is 2.28. The standard InChI is InChI=1S/C65H41N/c1-44-26-28-45(29-27-44)30-34-49-42-62(58-24-12-16-47-14-8-10-22-54(47)58)60-40-41-61-63(59-25-13-17-48-15-9-11-23-55(48)59)43-50(57-39-38-56(49)64(60)65(57)61)35-31-46-32-36-53(37-33-46)66(51-18-4-2-5-19-51)52-20-6-3-7-21-52/h2-29,32-33,36-43H,1H3. The number of hydrogen-bond donors (Lipinski definition) is 0. The van der Waals surface area contributed by atoms with Gasteiger partial charge in [0.1, 0.15) is 0 Å². The summed E-state index contributed by atoms with van der Waals surface area (Å²) in [5, 5.41) is 11.9. The molecule has 12 aromatic rings. The van der Waals surface area contributed by atoms with E-state index in [1.165, 1.54) is 65.3 Å². The maximum absolute atomic E-state index is 3.73. The molecule has 0 N–H and O–H groups in total. The van der Waals surface area contributed by atoms with Crippen molar-refractivity contribution < 1.29 is 0 Å². The van der Waals surface area contributed by atoms with Gasteiger partial charge in [0.05, 0.1) is 0 Å². The van der Waals surface area contributed by atoms with E-state index in [0.29, 0.717) is 0 Å². The van der Waals surface area contributed by atoms with E-state index in [1.54, 1.807) is 0 Å². The van der Waals surface area contributed by atoms with Gasteiger partial charge in [0.2, 0.25) is 0 Å². The Hall–Kier alpha value is -8.88. The monoisotopic (exact) mass is 835 g/mol. The molecule has 0 fully saturated rings. The second-order valence-corrected chi connectivity index (χ2v) is 17.0. The second-order valence-electron chi connectivity index (χ2n) is 17.0. The highest BCUT2D eigenvalue weighted by Crippen LogP contribution is 2.46. The summed E-state index contributed by atoms with van der Waals surface area (Å²) in [7, 11) is 0. The van der Waals surface area contributed by atoms with Crippen molar-refractivity contribution in [1.82, 2.24) is 0 Å². The minimum atomic E-state index is 0.948. The fourth-order valence-electron chi connectivity index (χ4n) is 9.78. The van der Waals surface area contributed by atoms with Crippen LogP contribution in [0.2, 0.25) is 0 Å². The Morgan fingerprint density at radius 1 is 0.288 bits per heavy atom. The van der Waals surface area contributed by atoms with Crippen LogP contribution in [0.5, 0.6) is 0 Å². The molecular weight excluding hydrogens is 795 g/mol. The van der Waals surface area contributed by atoms with E-state index in [0.717, 1.165) is 55.7 Å². The second kappa shape index (κ2) is 16.3. The van der Waals surface area contributed by atoms with E-state index < -0.39 is 0 Å². The summed E-state index contributed by atoms with van der Waals surface area (Å²) in [6.07, 6.45) is 0. The molecule has 12 rings (SSSR count). The topological polar surface area (TPSA) is 3.24 Å². The number of anilines is 3. The molecule has 0 saturated heterocycles. The van der Waals surface area contributed by atoms with Gasteiger partial charge in [0.15, 0.2) is 0 Å². The van der Waals surface area contributed by atoms with Crippen LogP contribution in [0.3, 0.4) is 0 Å². The van der Waals surface area contributed by atoms with Crippen LogP contribution in [0.25, 0.3) is 76.1 Å². The molecule has 1 heteroatoms. The molecule has 0 aromatic heterocycles. The molecule has 0 amide bonds. The van der Waals surface area contributed by atoms with Crippen LogP contribution in [-0.4, -0.2) is 0 Å². The van der Waals surface area contributed by atoms with Crippen LogP contribution >= 0.6 is 0 Å². The zero-order valence-electron chi connectivity index (χ0n) is 36.4. The molecule has 0 aliphatic carbocycles. The first-order chi connectivity index (χ1) is 32.6. The van der Waals surface area contributed by atoms with E-state index in [4.69, 9.17) is 0 Å². The maximum atomic E-state index is 3.73. The van der Waals surface area contributed by atoms with Crippen molar-refractivity contribution in [3.8, 4) is 45.9 Å². The lowest BCUT2D eigenvalue weighted by atomic mass is 9.83. The molecular formula is C65H41N. The summed E-state index contributed by atoms with van der Waals surface area (Å²) in [5.41, 5.74) is 13.1. The van der Waals surface area contributed by atoms with Gasteiger partial charge in [-0.05, 0) is 156 Å². The van der Waals surface area contributed by atoms with E-state index in [2.05, 4.69) is 266 Å². The minimum absolute atomic E-state index is 0.948. The molecule has 306 valence electrons. The summed E-state index contributed by atoms with van der Waals surface area (Å²) in [6, 6.07) is 82.6. The predicted molar refractivity (Wildman–Crippen MR) is 280 cm³/mol. The minimum Gasteiger partial charge on any atom is -0.311 e. The first kappa shape index (κ1) is 38.8. The van der Waals surface area contributed by atoms with Gasteiger partial charge in [-0.3, -0.25) is 0 Å². The maximum Gasteiger partial charge on any atom is 0.0462 e. The van der Waals surface area contributed by atoms with Gasteiger partial charge in [-0.15, -0.1) is 0 Å². The average Bonchev–Trinajstić information content (AvgIpc) is 3.38. The normalized spacial score (nSPS) is 11.2. The van der Waals surface area contributed by atoms with Crippen LogP contribution in [0, 0.1) is 30.6 Å². The van der Waals surface area contributed by atoms with Gasteiger partial charge in [-0.1, -0.05) is 187 Å². The van der Waals surface area contributed by atoms with Gasteiger partial charge in [-0.25, -0.2) is 0 Å². The number of para-hydroxylation sites is 2. The number of benzene rings is 12. The number of fused-ring (bicyclic) bond motifs is 2. The third kappa shape index (κ3) is 6.89. The quantitative estimate of drug-likeness (QED) is 0.123. The largest absolute Gasteiger partial charge is 0.311 e. The smallest absolute Gasteiger partial charge is 0.0462 e. The first-order valence-corrected chi connectivity index (χ1v) is 22.5. The van der Waals surface area contributed by atoms with E-state index in [9.17, 15) is 0 Å². The van der Waals surface area contributed by atoms with E-state index >= 15 is 0 Å². The molecule has 0 aliphatic rings. The molecule has 0 atom stereocenters. The highest BCUT2D eigenvalue weighted by atomic mass is 15.1. The van der Waals surface area contributed by atoms with E-state index in [1.807, 2.05) is 0 Å². The van der Waals surface area contributed by atoms with Gasteiger partial charge in [0, 0.05) is 39.3 Å². The lowest BCUT2D eigenvalue weighted by Crippen LogP contribution is -2.09. The Bertz CT molecular complexity index is 3870. The highest BCUT2D eigenvalue weighted by Gasteiger charge is 2.21. The van der Waals surface area contributed by atoms with Crippen LogP contribution < -0.4 is 4.90 Å². The van der Waals surface area contributed by atoms with Crippen LogP contribution in [0.15, 0.2) is 231 Å². The third-order valence-electron chi connectivity index (χ3n) is 12.9. The lowest BCUT2D eigenvalue weighted by molar-refractivity contribution is 1.28. The number of aryl methyl sites for hydroxylation is 1.